The van der Waals surface area contributed by atoms with Gasteiger partial charge >= 0.3 is 5.97 Å². The number of anilines is 2. The van der Waals surface area contributed by atoms with Gasteiger partial charge in [0, 0.05) is 23.3 Å². The van der Waals surface area contributed by atoms with Crippen molar-refractivity contribution >= 4 is 45.5 Å². The highest BCUT2D eigenvalue weighted by atomic mass is 32.2. The molecule has 0 N–H and O–H groups in total. The summed E-state index contributed by atoms with van der Waals surface area (Å²) in [4.78, 5) is 22.6. The van der Waals surface area contributed by atoms with Crippen LogP contribution in [0.15, 0.2) is 89.1 Å². The number of carbonyl (C=O) groups is 1. The van der Waals surface area contributed by atoms with Crippen LogP contribution < -0.4 is 10.0 Å². The summed E-state index contributed by atoms with van der Waals surface area (Å²) in [5.41, 5.74) is 3.92. The van der Waals surface area contributed by atoms with Crippen LogP contribution in [0.1, 0.15) is 25.0 Å². The molecule has 2 aliphatic heterocycles. The van der Waals surface area contributed by atoms with Crippen LogP contribution in [0.25, 0.3) is 0 Å². The third-order valence-electron chi connectivity index (χ3n) is 5.68. The van der Waals surface area contributed by atoms with Gasteiger partial charge in [0.15, 0.2) is 0 Å². The number of hydrazone groups is 2. The molecule has 3 aromatic carbocycles. The summed E-state index contributed by atoms with van der Waals surface area (Å²) in [6, 6.07) is 23.5. The first-order valence-corrected chi connectivity index (χ1v) is 11.8. The van der Waals surface area contributed by atoms with Crippen LogP contribution in [0.3, 0.4) is 0 Å². The minimum Gasteiger partial charge on any atom is -0.461 e. The average molecular weight is 488 g/mol. The zero-order valence-electron chi connectivity index (χ0n) is 19.0. The lowest BCUT2D eigenvalue weighted by Crippen LogP contribution is -2.53. The number of esters is 1. The lowest BCUT2D eigenvalue weighted by molar-refractivity contribution is -0.384. The van der Waals surface area contributed by atoms with Crippen LogP contribution in [0.2, 0.25) is 0 Å². The summed E-state index contributed by atoms with van der Waals surface area (Å²) in [6.07, 6.45) is 0. The van der Waals surface area contributed by atoms with Gasteiger partial charge in [-0.25, -0.2) is 14.8 Å². The minimum absolute atomic E-state index is 0.0397. The molecular formula is C25H21N5O4S. The second kappa shape index (κ2) is 8.88. The van der Waals surface area contributed by atoms with Crippen molar-refractivity contribution in [1.82, 2.24) is 0 Å². The smallest absolute Gasteiger partial charge is 0.365 e. The van der Waals surface area contributed by atoms with Gasteiger partial charge in [0.1, 0.15) is 0 Å². The molecule has 0 saturated carbocycles. The molecule has 1 unspecified atom stereocenters. The maximum atomic E-state index is 12.9. The number of nitro benzene ring substituents is 1. The quantitative estimate of drug-likeness (QED) is 0.281. The average Bonchev–Trinajstić information content (AvgIpc) is 3.28. The largest absolute Gasteiger partial charge is 0.461 e. The maximum Gasteiger partial charge on any atom is 0.365 e. The Morgan fingerprint density at radius 2 is 1.60 bits per heavy atom. The van der Waals surface area contributed by atoms with Gasteiger partial charge < -0.3 is 4.74 Å². The first kappa shape index (κ1) is 22.6. The van der Waals surface area contributed by atoms with Crippen LogP contribution in [0.5, 0.6) is 0 Å². The van der Waals surface area contributed by atoms with Crippen molar-refractivity contribution in [2.45, 2.75) is 18.8 Å². The molecule has 10 heteroatoms. The van der Waals surface area contributed by atoms with E-state index in [1.165, 1.54) is 23.9 Å². The fraction of sp³-hybridized carbons (Fsp3) is 0.160. The normalized spacial score (nSPS) is 18.7. The zero-order chi connectivity index (χ0) is 24.6. The number of hydrogen-bond acceptors (Lipinski definition) is 9. The van der Waals surface area contributed by atoms with E-state index in [9.17, 15) is 14.9 Å². The number of nitro groups is 1. The van der Waals surface area contributed by atoms with E-state index >= 15 is 0 Å². The van der Waals surface area contributed by atoms with Crippen molar-refractivity contribution < 1.29 is 14.5 Å². The number of para-hydroxylation sites is 1. The highest BCUT2D eigenvalue weighted by Crippen LogP contribution is 2.54. The summed E-state index contributed by atoms with van der Waals surface area (Å²) < 4.78 is 5.28. The Morgan fingerprint density at radius 3 is 2.29 bits per heavy atom. The van der Waals surface area contributed by atoms with Gasteiger partial charge in [-0.15, -0.1) is 0 Å². The summed E-state index contributed by atoms with van der Waals surface area (Å²) in [5.74, 6) is -0.543. The molecule has 0 saturated heterocycles. The van der Waals surface area contributed by atoms with Gasteiger partial charge in [0.25, 0.3) is 5.69 Å². The molecular weight excluding hydrogens is 466 g/mol. The van der Waals surface area contributed by atoms with E-state index in [4.69, 9.17) is 9.84 Å². The van der Waals surface area contributed by atoms with Gasteiger partial charge in [-0.1, -0.05) is 42.5 Å². The molecule has 2 heterocycles. The molecule has 35 heavy (non-hydrogen) atoms. The summed E-state index contributed by atoms with van der Waals surface area (Å²) in [5, 5.41) is 24.6. The Labute approximate surface area is 205 Å². The second-order valence-corrected chi connectivity index (χ2v) is 8.96. The number of benzene rings is 3. The number of carbonyl (C=O) groups excluding carboxylic acids is 1. The molecule has 0 bridgehead atoms. The Morgan fingerprint density at radius 1 is 0.971 bits per heavy atom. The van der Waals surface area contributed by atoms with Gasteiger partial charge in [0.05, 0.1) is 28.6 Å². The molecule has 1 spiro atoms. The second-order valence-electron chi connectivity index (χ2n) is 7.80. The number of non-ortho nitro benzene ring substituents is 1. The lowest BCUT2D eigenvalue weighted by atomic mass is 9.98. The van der Waals surface area contributed by atoms with Crippen molar-refractivity contribution in [3.8, 4) is 0 Å². The molecule has 2 aliphatic rings. The molecule has 0 fully saturated rings. The van der Waals surface area contributed by atoms with Crippen molar-refractivity contribution in [2.75, 3.05) is 16.6 Å². The van der Waals surface area contributed by atoms with E-state index in [1.807, 2.05) is 66.5 Å². The molecule has 0 aromatic heterocycles. The standard InChI is InChI=1S/C25H21N5O4S/c1-3-34-24(31)23-27-29(19-13-15-20(16-14-19)30(32)33)25(35-23)22-12-8-7-11-21(22)17(2)26-28(25)18-9-5-4-6-10-18/h4-16H,3H2,1-2H3. The highest BCUT2D eigenvalue weighted by Gasteiger charge is 2.56. The summed E-state index contributed by atoms with van der Waals surface area (Å²) >= 11 is 1.23. The molecule has 1 atom stereocenters. The third kappa shape index (κ3) is 3.71. The third-order valence-corrected chi connectivity index (χ3v) is 6.97. The number of rotatable bonds is 5. The highest BCUT2D eigenvalue weighted by molar-refractivity contribution is 8.16. The summed E-state index contributed by atoms with van der Waals surface area (Å²) in [6.45, 7) is 3.88. The van der Waals surface area contributed by atoms with Crippen molar-refractivity contribution in [2.24, 2.45) is 10.2 Å². The van der Waals surface area contributed by atoms with Crippen molar-refractivity contribution in [3.63, 3.8) is 0 Å². The lowest BCUT2D eigenvalue weighted by Gasteiger charge is -2.46. The van der Waals surface area contributed by atoms with E-state index in [1.54, 1.807) is 24.1 Å². The van der Waals surface area contributed by atoms with E-state index in [-0.39, 0.29) is 17.3 Å². The van der Waals surface area contributed by atoms with Gasteiger partial charge in [-0.2, -0.15) is 10.2 Å². The molecule has 5 rings (SSSR count). The Bertz CT molecular complexity index is 1360. The number of fused-ring (bicyclic) bond motifs is 2. The van der Waals surface area contributed by atoms with E-state index < -0.39 is 15.9 Å². The Balaban J connectivity index is 1.76. The minimum atomic E-state index is -1.12. The first-order chi connectivity index (χ1) is 17.0. The maximum absolute atomic E-state index is 12.9. The van der Waals surface area contributed by atoms with Crippen LogP contribution in [0, 0.1) is 10.1 Å². The predicted octanol–water partition coefficient (Wildman–Crippen LogP) is 5.08. The van der Waals surface area contributed by atoms with E-state index in [0.29, 0.717) is 5.69 Å². The van der Waals surface area contributed by atoms with Crippen molar-refractivity contribution in [3.05, 3.63) is 100 Å². The molecule has 3 aromatic rings. The predicted molar refractivity (Wildman–Crippen MR) is 136 cm³/mol. The topological polar surface area (TPSA) is 101 Å². The Kier molecular flexibility index (Phi) is 5.73. The fourth-order valence-electron chi connectivity index (χ4n) is 4.15. The van der Waals surface area contributed by atoms with Crippen molar-refractivity contribution in [1.29, 1.82) is 0 Å². The van der Waals surface area contributed by atoms with E-state index in [2.05, 4.69) is 5.10 Å². The summed E-state index contributed by atoms with van der Waals surface area (Å²) in [7, 11) is 0. The Hall–Kier alpha value is -4.18. The van der Waals surface area contributed by atoms with Gasteiger partial charge in [-0.05, 0) is 49.9 Å². The molecule has 176 valence electrons. The van der Waals surface area contributed by atoms with Gasteiger partial charge in [-0.3, -0.25) is 10.1 Å². The SMILES string of the molecule is CCOC(=O)C1=NN(c2ccc([N+](=O)[O-])cc2)C2(S1)c1ccccc1C(C)=NN2c1ccccc1. The molecule has 9 nitrogen and oxygen atoms in total. The number of ether oxygens (including phenoxy) is 1. The number of nitrogens with zero attached hydrogens (tertiary/aromatic N) is 5. The number of hydrogen-bond donors (Lipinski definition) is 0. The fourth-order valence-corrected chi connectivity index (χ4v) is 5.44. The zero-order valence-corrected chi connectivity index (χ0v) is 19.8. The van der Waals surface area contributed by atoms with Crippen LogP contribution in [-0.4, -0.2) is 28.3 Å². The monoisotopic (exact) mass is 487 g/mol. The first-order valence-electron chi connectivity index (χ1n) is 11.0. The molecule has 0 radical (unpaired) electrons. The van der Waals surface area contributed by atoms with Crippen LogP contribution in [0.4, 0.5) is 17.1 Å². The van der Waals surface area contributed by atoms with Gasteiger partial charge in [0.2, 0.25) is 10.0 Å². The number of thioether (sulfide) groups is 1. The molecule has 0 amide bonds. The van der Waals surface area contributed by atoms with Crippen LogP contribution in [-0.2, 0) is 14.5 Å². The van der Waals surface area contributed by atoms with Crippen LogP contribution >= 0.6 is 11.8 Å². The molecule has 0 aliphatic carbocycles. The van der Waals surface area contributed by atoms with E-state index in [0.717, 1.165) is 22.5 Å².